The number of sulfonamides is 1. The molecule has 120 valence electrons. The predicted molar refractivity (Wildman–Crippen MR) is 83.7 cm³/mol. The first-order valence-corrected chi connectivity index (χ1v) is 8.60. The van der Waals surface area contributed by atoms with Gasteiger partial charge in [0.25, 0.3) is 0 Å². The van der Waals surface area contributed by atoms with Crippen LogP contribution in [0.1, 0.15) is 27.2 Å². The molecule has 6 nitrogen and oxygen atoms in total. The topological polar surface area (TPSA) is 87.6 Å². The minimum absolute atomic E-state index is 0.0288. The van der Waals surface area contributed by atoms with Crippen LogP contribution in [0, 0.1) is 6.92 Å². The van der Waals surface area contributed by atoms with Crippen LogP contribution in [0.5, 0.6) is 0 Å². The molecule has 0 saturated carbocycles. The fourth-order valence-electron chi connectivity index (χ4n) is 2.68. The van der Waals surface area contributed by atoms with E-state index in [1.54, 1.807) is 24.3 Å². The molecule has 0 unspecified atom stereocenters. The highest BCUT2D eigenvalue weighted by Crippen LogP contribution is 2.26. The van der Waals surface area contributed by atoms with Crippen LogP contribution < -0.4 is 0 Å². The second kappa shape index (κ2) is 5.75. The third-order valence-corrected chi connectivity index (χ3v) is 5.83. The summed E-state index contributed by atoms with van der Waals surface area (Å²) < 4.78 is 26.8. The Morgan fingerprint density at radius 2 is 1.91 bits per heavy atom. The Labute approximate surface area is 134 Å². The summed E-state index contributed by atoms with van der Waals surface area (Å²) in [6.45, 7) is 2.21. The molecule has 1 aliphatic rings. The smallest absolute Gasteiger partial charge is 0.336 e. The molecular weight excluding hydrogens is 316 g/mol. The maximum absolute atomic E-state index is 12.7. The summed E-state index contributed by atoms with van der Waals surface area (Å²) in [5.41, 5.74) is 2.21. The summed E-state index contributed by atoms with van der Waals surface area (Å²) in [7, 11) is -3.65. The van der Waals surface area contributed by atoms with Crippen LogP contribution in [0.15, 0.2) is 41.4 Å². The van der Waals surface area contributed by atoms with E-state index in [1.807, 2.05) is 6.92 Å². The first kappa shape index (κ1) is 15.6. The van der Waals surface area contributed by atoms with E-state index in [0.717, 1.165) is 5.56 Å². The van der Waals surface area contributed by atoms with Gasteiger partial charge in [0.05, 0.1) is 10.5 Å². The van der Waals surface area contributed by atoms with Gasteiger partial charge in [-0.3, -0.25) is 4.98 Å². The van der Waals surface area contributed by atoms with Gasteiger partial charge in [-0.25, -0.2) is 13.2 Å². The molecule has 0 amide bonds. The molecule has 3 rings (SSSR count). The Bertz CT molecular complexity index is 860. The quantitative estimate of drug-likeness (QED) is 0.926. The molecule has 0 fully saturated rings. The van der Waals surface area contributed by atoms with Crippen molar-refractivity contribution in [1.29, 1.82) is 0 Å². The third kappa shape index (κ3) is 2.85. The van der Waals surface area contributed by atoms with Gasteiger partial charge >= 0.3 is 5.97 Å². The number of aromatic nitrogens is 1. The minimum Gasteiger partial charge on any atom is -0.478 e. The van der Waals surface area contributed by atoms with Crippen molar-refractivity contribution >= 4 is 16.0 Å². The summed E-state index contributed by atoms with van der Waals surface area (Å²) >= 11 is 0. The first-order chi connectivity index (χ1) is 10.9. The molecule has 0 aliphatic carbocycles. The first-order valence-electron chi connectivity index (χ1n) is 7.16. The number of rotatable bonds is 3. The van der Waals surface area contributed by atoms with Crippen molar-refractivity contribution in [1.82, 2.24) is 9.29 Å². The second-order valence-corrected chi connectivity index (χ2v) is 7.43. The lowest BCUT2D eigenvalue weighted by molar-refractivity contribution is 0.0694. The largest absolute Gasteiger partial charge is 0.478 e. The van der Waals surface area contributed by atoms with Gasteiger partial charge in [0, 0.05) is 37.0 Å². The monoisotopic (exact) mass is 332 g/mol. The average Bonchev–Trinajstić information content (AvgIpc) is 2.54. The Balaban J connectivity index is 1.98. The van der Waals surface area contributed by atoms with Crippen molar-refractivity contribution in [2.45, 2.75) is 24.8 Å². The average molecular weight is 332 g/mol. The number of aromatic carboxylic acids is 1. The predicted octanol–water partition coefficient (Wildman–Crippen LogP) is 1.84. The van der Waals surface area contributed by atoms with E-state index in [1.165, 1.54) is 16.6 Å². The van der Waals surface area contributed by atoms with E-state index in [2.05, 4.69) is 4.98 Å². The molecule has 0 bridgehead atoms. The second-order valence-electron chi connectivity index (χ2n) is 5.49. The van der Waals surface area contributed by atoms with Gasteiger partial charge in [-0.1, -0.05) is 17.7 Å². The zero-order valence-electron chi connectivity index (χ0n) is 12.6. The zero-order valence-corrected chi connectivity index (χ0v) is 13.4. The van der Waals surface area contributed by atoms with Crippen LogP contribution in [0.2, 0.25) is 0 Å². The number of carboxylic acid groups (broad SMARTS) is 1. The number of benzene rings is 1. The van der Waals surface area contributed by atoms with E-state index >= 15 is 0 Å². The SMILES string of the molecule is Cc1ccc(S(=O)(=O)N2CCc3nccc(C(=O)O)c3C2)cc1. The normalized spacial score (nSPS) is 15.2. The van der Waals surface area contributed by atoms with Gasteiger partial charge in [-0.2, -0.15) is 4.31 Å². The van der Waals surface area contributed by atoms with Crippen LogP contribution in [0.3, 0.4) is 0 Å². The van der Waals surface area contributed by atoms with E-state index in [4.69, 9.17) is 0 Å². The van der Waals surface area contributed by atoms with Crippen LogP contribution in [0.25, 0.3) is 0 Å². The number of aryl methyl sites for hydroxylation is 1. The van der Waals surface area contributed by atoms with Crippen molar-refractivity contribution in [3.8, 4) is 0 Å². The molecule has 2 aromatic rings. The number of fused-ring (bicyclic) bond motifs is 1. The van der Waals surface area contributed by atoms with Crippen LogP contribution >= 0.6 is 0 Å². The molecule has 1 aliphatic heterocycles. The van der Waals surface area contributed by atoms with E-state index < -0.39 is 16.0 Å². The molecule has 1 N–H and O–H groups in total. The molecule has 0 radical (unpaired) electrons. The van der Waals surface area contributed by atoms with Crippen LogP contribution in [0.4, 0.5) is 0 Å². The Kier molecular flexibility index (Phi) is 3.91. The van der Waals surface area contributed by atoms with Crippen LogP contribution in [-0.2, 0) is 23.0 Å². The molecule has 0 spiro atoms. The molecule has 7 heteroatoms. The maximum atomic E-state index is 12.7. The highest BCUT2D eigenvalue weighted by molar-refractivity contribution is 7.89. The standard InChI is InChI=1S/C16H16N2O4S/c1-11-2-4-12(5-3-11)23(21,22)18-9-7-15-14(10-18)13(16(19)20)6-8-17-15/h2-6,8H,7,9-10H2,1H3,(H,19,20). The van der Waals surface area contributed by atoms with Crippen molar-refractivity contribution in [3.63, 3.8) is 0 Å². The van der Waals surface area contributed by atoms with Gasteiger partial charge < -0.3 is 5.11 Å². The number of carbonyl (C=O) groups is 1. The Morgan fingerprint density at radius 3 is 2.57 bits per heavy atom. The lowest BCUT2D eigenvalue weighted by atomic mass is 10.0. The highest BCUT2D eigenvalue weighted by atomic mass is 32.2. The maximum Gasteiger partial charge on any atom is 0.336 e. The molecule has 23 heavy (non-hydrogen) atoms. The summed E-state index contributed by atoms with van der Waals surface area (Å²) in [5, 5.41) is 9.28. The summed E-state index contributed by atoms with van der Waals surface area (Å²) in [6, 6.07) is 8.04. The van der Waals surface area contributed by atoms with Crippen molar-refractivity contribution in [3.05, 3.63) is 58.9 Å². The number of hydrogen-bond donors (Lipinski definition) is 1. The zero-order chi connectivity index (χ0) is 16.6. The Hall–Kier alpha value is -2.25. The summed E-state index contributed by atoms with van der Waals surface area (Å²) in [4.78, 5) is 15.7. The Morgan fingerprint density at radius 1 is 1.22 bits per heavy atom. The lowest BCUT2D eigenvalue weighted by Crippen LogP contribution is -2.37. The van der Waals surface area contributed by atoms with Crippen molar-refractivity contribution in [2.75, 3.05) is 6.54 Å². The van der Waals surface area contributed by atoms with Gasteiger partial charge in [0.2, 0.25) is 10.0 Å². The molecule has 1 aromatic heterocycles. The lowest BCUT2D eigenvalue weighted by Gasteiger charge is -2.28. The highest BCUT2D eigenvalue weighted by Gasteiger charge is 2.31. The fraction of sp³-hybridized carbons (Fsp3) is 0.250. The summed E-state index contributed by atoms with van der Waals surface area (Å²) in [5.74, 6) is -1.07. The van der Waals surface area contributed by atoms with Gasteiger partial charge in [0.1, 0.15) is 0 Å². The summed E-state index contributed by atoms with van der Waals surface area (Å²) in [6.07, 6.45) is 1.86. The van der Waals surface area contributed by atoms with E-state index in [9.17, 15) is 18.3 Å². The molecular formula is C16H16N2O4S. The molecule has 2 heterocycles. The third-order valence-electron chi connectivity index (χ3n) is 3.97. The molecule has 0 saturated heterocycles. The number of hydrogen-bond acceptors (Lipinski definition) is 4. The van der Waals surface area contributed by atoms with Crippen molar-refractivity contribution < 1.29 is 18.3 Å². The van der Waals surface area contributed by atoms with E-state index in [0.29, 0.717) is 24.2 Å². The fourth-order valence-corrected chi connectivity index (χ4v) is 4.09. The van der Waals surface area contributed by atoms with E-state index in [-0.39, 0.29) is 17.0 Å². The van der Waals surface area contributed by atoms with Crippen molar-refractivity contribution in [2.24, 2.45) is 0 Å². The van der Waals surface area contributed by atoms with Gasteiger partial charge in [-0.05, 0) is 25.1 Å². The molecule has 1 aromatic carbocycles. The number of carboxylic acids is 1. The number of pyridine rings is 1. The number of nitrogens with zero attached hydrogens (tertiary/aromatic N) is 2. The molecule has 0 atom stereocenters. The van der Waals surface area contributed by atoms with Gasteiger partial charge in [0.15, 0.2) is 0 Å². The van der Waals surface area contributed by atoms with Gasteiger partial charge in [-0.15, -0.1) is 0 Å². The minimum atomic E-state index is -3.65. The van der Waals surface area contributed by atoms with Crippen LogP contribution in [-0.4, -0.2) is 35.3 Å².